The number of hydrogen-bond acceptors (Lipinski definition) is 1. The topological polar surface area (TPSA) is 13.1 Å². The third-order valence-corrected chi connectivity index (χ3v) is 6.16. The van der Waals surface area contributed by atoms with Crippen LogP contribution in [0.5, 0.6) is 0 Å². The van der Waals surface area contributed by atoms with Crippen molar-refractivity contribution in [2.75, 3.05) is 0 Å². The Hall–Kier alpha value is -4.88. The van der Waals surface area contributed by atoms with Gasteiger partial charge < -0.3 is 4.42 Å². The standard InChI is InChI=1S/C36H22O/c1-2-11-24-22-25(21-20-23(24)10-1)34-27-13-3-5-15-29(27)35(30-16-6-4-14-28(30)34)32-18-9-17-31-26-12-7-8-19-33(26)37-36(31)32/h1-22H/i1D,2D,3D,4D,5D,6D,7D,8D,9D,10D,11D,12D,13D,14D,15D,16D,17D,18D,19D,20D,21D. The summed E-state index contributed by atoms with van der Waals surface area (Å²) in [4.78, 5) is 0. The number of fused-ring (bicyclic) bond motifs is 6. The Labute approximate surface area is 243 Å². The summed E-state index contributed by atoms with van der Waals surface area (Å²) in [5, 5.41) is -3.47. The molecule has 1 nitrogen and oxygen atoms in total. The largest absolute Gasteiger partial charge is 0.455 e. The molecule has 0 saturated carbocycles. The second kappa shape index (κ2) is 7.81. The second-order valence-corrected chi connectivity index (χ2v) is 8.11. The van der Waals surface area contributed by atoms with E-state index in [1.54, 1.807) is 0 Å². The van der Waals surface area contributed by atoms with E-state index in [-0.39, 0.29) is 21.5 Å². The molecule has 0 saturated heterocycles. The highest BCUT2D eigenvalue weighted by Gasteiger charge is 2.20. The van der Waals surface area contributed by atoms with Crippen molar-refractivity contribution in [2.24, 2.45) is 0 Å². The van der Waals surface area contributed by atoms with Gasteiger partial charge in [0.15, 0.2) is 0 Å². The molecule has 37 heavy (non-hydrogen) atoms. The van der Waals surface area contributed by atoms with Crippen molar-refractivity contribution in [3.05, 3.63) is 133 Å². The van der Waals surface area contributed by atoms with Crippen LogP contribution in [0.1, 0.15) is 28.8 Å². The second-order valence-electron chi connectivity index (χ2n) is 8.11. The summed E-state index contributed by atoms with van der Waals surface area (Å²) in [5.74, 6) is 0. The van der Waals surface area contributed by atoms with Crippen LogP contribution in [0.4, 0.5) is 0 Å². The number of rotatable bonds is 2. The van der Waals surface area contributed by atoms with Gasteiger partial charge in [-0.3, -0.25) is 0 Å². The molecule has 1 heterocycles. The number of para-hydroxylation sites is 2. The average molecular weight is 492 g/mol. The van der Waals surface area contributed by atoms with Gasteiger partial charge in [-0.15, -0.1) is 0 Å². The number of benzene rings is 7. The molecule has 0 spiro atoms. The normalized spacial score (nSPS) is 19.7. The summed E-state index contributed by atoms with van der Waals surface area (Å²) < 4.78 is 190. The molecule has 0 aliphatic rings. The van der Waals surface area contributed by atoms with Gasteiger partial charge in [0.2, 0.25) is 0 Å². The van der Waals surface area contributed by atoms with Crippen molar-refractivity contribution in [2.45, 2.75) is 0 Å². The van der Waals surface area contributed by atoms with E-state index in [1.807, 2.05) is 0 Å². The van der Waals surface area contributed by atoms with Gasteiger partial charge in [-0.25, -0.2) is 0 Å². The van der Waals surface area contributed by atoms with Crippen LogP contribution in [0.25, 0.3) is 76.5 Å². The molecule has 0 radical (unpaired) electrons. The Morgan fingerprint density at radius 1 is 0.432 bits per heavy atom. The van der Waals surface area contributed by atoms with E-state index >= 15 is 0 Å². The Morgan fingerprint density at radius 3 is 1.73 bits per heavy atom. The number of hydrogen-bond donors (Lipinski definition) is 0. The van der Waals surface area contributed by atoms with Crippen molar-refractivity contribution in [1.82, 2.24) is 0 Å². The molecule has 0 aliphatic heterocycles. The quantitative estimate of drug-likeness (QED) is 0.219. The van der Waals surface area contributed by atoms with Crippen LogP contribution in [-0.4, -0.2) is 0 Å². The summed E-state index contributed by atoms with van der Waals surface area (Å²) in [6.45, 7) is 0. The molecule has 0 atom stereocenters. The summed E-state index contributed by atoms with van der Waals surface area (Å²) >= 11 is 0. The lowest BCUT2D eigenvalue weighted by molar-refractivity contribution is 0.670. The van der Waals surface area contributed by atoms with E-state index in [0.717, 1.165) is 6.07 Å². The Bertz CT molecular complexity index is 3210. The van der Waals surface area contributed by atoms with E-state index in [2.05, 4.69) is 0 Å². The van der Waals surface area contributed by atoms with Gasteiger partial charge >= 0.3 is 0 Å². The molecule has 0 fully saturated rings. The Morgan fingerprint density at radius 2 is 1.00 bits per heavy atom. The zero-order chi connectivity index (χ0) is 42.6. The lowest BCUT2D eigenvalue weighted by atomic mass is 9.85. The van der Waals surface area contributed by atoms with Crippen LogP contribution in [-0.2, 0) is 0 Å². The van der Waals surface area contributed by atoms with Crippen LogP contribution in [0.2, 0.25) is 0 Å². The smallest absolute Gasteiger partial charge is 0.143 e. The molecule has 0 aliphatic carbocycles. The maximum Gasteiger partial charge on any atom is 0.143 e. The maximum atomic E-state index is 9.27. The molecule has 0 amide bonds. The van der Waals surface area contributed by atoms with E-state index in [9.17, 15) is 6.85 Å². The van der Waals surface area contributed by atoms with Gasteiger partial charge in [0, 0.05) is 21.9 Å². The van der Waals surface area contributed by atoms with Crippen LogP contribution < -0.4 is 0 Å². The fraction of sp³-hybridized carbons (Fsp3) is 0. The molecule has 8 aromatic rings. The highest BCUT2D eigenvalue weighted by atomic mass is 16.3. The molecule has 1 heteroatoms. The van der Waals surface area contributed by atoms with Crippen molar-refractivity contribution in [3.63, 3.8) is 0 Å². The van der Waals surface area contributed by atoms with Gasteiger partial charge in [0.1, 0.15) is 11.2 Å². The van der Waals surface area contributed by atoms with Crippen molar-refractivity contribution >= 4 is 54.3 Å². The first-order valence-electron chi connectivity index (χ1n) is 21.5. The molecule has 8 rings (SSSR count). The summed E-state index contributed by atoms with van der Waals surface area (Å²) in [7, 11) is 0. The van der Waals surface area contributed by atoms with Crippen molar-refractivity contribution in [1.29, 1.82) is 0 Å². The molecule has 7 aromatic carbocycles. The maximum absolute atomic E-state index is 9.27. The van der Waals surface area contributed by atoms with Crippen LogP contribution in [0, 0.1) is 0 Å². The van der Waals surface area contributed by atoms with Crippen molar-refractivity contribution < 1.29 is 33.2 Å². The summed E-state index contributed by atoms with van der Waals surface area (Å²) in [5.41, 5.74) is -2.95. The minimum absolute atomic E-state index is 0.281. The molecular formula is C36H22O. The minimum Gasteiger partial charge on any atom is -0.455 e. The fourth-order valence-corrected chi connectivity index (χ4v) is 4.62. The first-order valence-corrected chi connectivity index (χ1v) is 11.0. The monoisotopic (exact) mass is 491 g/mol. The lowest BCUT2D eigenvalue weighted by Gasteiger charge is -2.18. The van der Waals surface area contributed by atoms with Crippen LogP contribution in [0.15, 0.2) is 137 Å². The zero-order valence-corrected chi connectivity index (χ0v) is 18.5. The third kappa shape index (κ3) is 2.98. The molecule has 0 bridgehead atoms. The molecule has 0 unspecified atom stereocenters. The van der Waals surface area contributed by atoms with E-state index in [0.29, 0.717) is 0 Å². The minimum atomic E-state index is -0.861. The molecular weight excluding hydrogens is 448 g/mol. The fourth-order valence-electron chi connectivity index (χ4n) is 4.62. The predicted molar refractivity (Wildman–Crippen MR) is 157 cm³/mol. The molecule has 172 valence electrons. The Balaban J connectivity index is 1.77. The van der Waals surface area contributed by atoms with Crippen LogP contribution in [0.3, 0.4) is 0 Å². The summed E-state index contributed by atoms with van der Waals surface area (Å²) in [6.07, 6.45) is 0. The third-order valence-electron chi connectivity index (χ3n) is 6.16. The summed E-state index contributed by atoms with van der Waals surface area (Å²) in [6, 6.07) is -14.9. The van der Waals surface area contributed by atoms with Gasteiger partial charge in [-0.05, 0) is 55.6 Å². The van der Waals surface area contributed by atoms with Gasteiger partial charge in [-0.1, -0.05) is 121 Å². The van der Waals surface area contributed by atoms with E-state index < -0.39 is 182 Å². The number of furan rings is 1. The van der Waals surface area contributed by atoms with E-state index in [1.165, 1.54) is 0 Å². The Kier molecular flexibility index (Phi) is 1.82. The highest BCUT2D eigenvalue weighted by molar-refractivity contribution is 6.24. The first kappa shape index (κ1) is 8.61. The van der Waals surface area contributed by atoms with Crippen LogP contribution >= 0.6 is 0 Å². The first-order chi connectivity index (χ1) is 27.1. The highest BCUT2D eigenvalue weighted by Crippen LogP contribution is 2.46. The molecule has 0 N–H and O–H groups in total. The van der Waals surface area contributed by atoms with Gasteiger partial charge in [-0.2, -0.15) is 0 Å². The van der Waals surface area contributed by atoms with Gasteiger partial charge in [0.05, 0.1) is 28.8 Å². The van der Waals surface area contributed by atoms with E-state index in [4.69, 9.17) is 26.3 Å². The SMILES string of the molecule is [2H]c1c([2H])c([2H])c2c([2H])c([2H])c(-c3c4c([2H])c([2H])c([2H])c([2H])c4c(-c4c([2H])c([2H])c([2H])c5c4oc4c([2H])c([2H])c([2H])c([2H])c45)c4c([2H])c([2H])c([2H])c([2H])c34)cc2c1[2H]. The van der Waals surface area contributed by atoms with Crippen molar-refractivity contribution in [3.8, 4) is 22.3 Å². The lowest BCUT2D eigenvalue weighted by Crippen LogP contribution is -1.91. The zero-order valence-electron chi connectivity index (χ0n) is 39.5. The molecule has 1 aromatic heterocycles. The average Bonchev–Trinajstić information content (AvgIpc) is 3.60. The predicted octanol–water partition coefficient (Wildman–Crippen LogP) is 10.4. The van der Waals surface area contributed by atoms with Gasteiger partial charge in [0.25, 0.3) is 0 Å².